The van der Waals surface area contributed by atoms with Gasteiger partial charge in [-0.3, -0.25) is 4.79 Å². The summed E-state index contributed by atoms with van der Waals surface area (Å²) in [5.74, 6) is -1.35. The molecule has 0 aliphatic heterocycles. The van der Waals surface area contributed by atoms with E-state index in [1.807, 2.05) is 0 Å². The molecule has 1 aromatic carbocycles. The van der Waals surface area contributed by atoms with Gasteiger partial charge in [0.05, 0.1) is 4.90 Å². The van der Waals surface area contributed by atoms with Gasteiger partial charge in [0.2, 0.25) is 0 Å². The summed E-state index contributed by atoms with van der Waals surface area (Å²) in [5, 5.41) is 0.423. The van der Waals surface area contributed by atoms with E-state index >= 15 is 0 Å². The lowest BCUT2D eigenvalue weighted by Gasteiger charge is -2.07. The first-order valence-electron chi connectivity index (χ1n) is 4.48. The molecule has 0 radical (unpaired) electrons. The Kier molecular flexibility index (Phi) is 5.00. The third-order valence-electron chi connectivity index (χ3n) is 1.80. The van der Waals surface area contributed by atoms with Crippen LogP contribution in [0.2, 0.25) is 0 Å². The average molecular weight is 331 g/mol. The second-order valence-corrected chi connectivity index (χ2v) is 4.96. The number of halogens is 5. The van der Waals surface area contributed by atoms with Gasteiger partial charge >= 0.3 is 5.51 Å². The van der Waals surface area contributed by atoms with Crippen LogP contribution in [0, 0.1) is 5.82 Å². The van der Waals surface area contributed by atoms with Gasteiger partial charge in [0.1, 0.15) is 5.82 Å². The molecule has 1 nitrogen and oxygen atoms in total. The zero-order valence-electron chi connectivity index (χ0n) is 8.35. The number of ketones is 1. The summed E-state index contributed by atoms with van der Waals surface area (Å²) in [4.78, 5) is 10.8. The maximum absolute atomic E-state index is 13.3. The lowest BCUT2D eigenvalue weighted by atomic mass is 10.1. The van der Waals surface area contributed by atoms with Crippen LogP contribution in [0.4, 0.5) is 17.6 Å². The van der Waals surface area contributed by atoms with E-state index in [0.29, 0.717) is 5.33 Å². The van der Waals surface area contributed by atoms with Crippen LogP contribution < -0.4 is 0 Å². The minimum absolute atomic E-state index is 0.0773. The van der Waals surface area contributed by atoms with E-state index in [-0.39, 0.29) is 17.8 Å². The molecule has 0 bridgehead atoms. The molecule has 0 saturated carbocycles. The smallest absolute Gasteiger partial charge is 0.294 e. The first kappa shape index (κ1) is 14.5. The average Bonchev–Trinajstić information content (AvgIpc) is 2.19. The van der Waals surface area contributed by atoms with E-state index in [2.05, 4.69) is 15.9 Å². The molecule has 1 aromatic rings. The standard InChI is InChI=1S/C10H7BrF4OS/c11-4-3-8(16)6-1-2-9(7(12)5-6)17-10(13,14)15/h1-2,5H,3-4H2. The highest BCUT2D eigenvalue weighted by atomic mass is 79.9. The summed E-state index contributed by atoms with van der Waals surface area (Å²) < 4.78 is 49.4. The zero-order valence-corrected chi connectivity index (χ0v) is 10.8. The van der Waals surface area contributed by atoms with Crippen molar-refractivity contribution in [3.05, 3.63) is 29.6 Å². The minimum Gasteiger partial charge on any atom is -0.294 e. The number of benzene rings is 1. The molecule has 7 heteroatoms. The third-order valence-corrected chi connectivity index (χ3v) is 2.98. The molecule has 0 aliphatic rings. The van der Waals surface area contributed by atoms with Gasteiger partial charge in [-0.1, -0.05) is 22.0 Å². The molecule has 0 atom stereocenters. The summed E-state index contributed by atoms with van der Waals surface area (Å²) in [6, 6.07) is 3.00. The Labute approximate surface area is 108 Å². The Morgan fingerprint density at radius 1 is 1.35 bits per heavy atom. The second-order valence-electron chi connectivity index (χ2n) is 3.06. The Bertz CT molecular complexity index is 419. The number of hydrogen-bond acceptors (Lipinski definition) is 2. The molecule has 0 amide bonds. The molecule has 0 N–H and O–H groups in total. The van der Waals surface area contributed by atoms with Crippen molar-refractivity contribution >= 4 is 33.5 Å². The van der Waals surface area contributed by atoms with Gasteiger partial charge < -0.3 is 0 Å². The first-order valence-corrected chi connectivity index (χ1v) is 6.42. The van der Waals surface area contributed by atoms with E-state index < -0.39 is 28.0 Å². The van der Waals surface area contributed by atoms with Crippen LogP contribution in [0.5, 0.6) is 0 Å². The van der Waals surface area contributed by atoms with Gasteiger partial charge in [-0.05, 0) is 23.9 Å². The van der Waals surface area contributed by atoms with Crippen LogP contribution in [0.25, 0.3) is 0 Å². The topological polar surface area (TPSA) is 17.1 Å². The van der Waals surface area contributed by atoms with Crippen LogP contribution in [0.15, 0.2) is 23.1 Å². The van der Waals surface area contributed by atoms with Crippen molar-refractivity contribution in [2.45, 2.75) is 16.8 Å². The van der Waals surface area contributed by atoms with E-state index in [4.69, 9.17) is 0 Å². The van der Waals surface area contributed by atoms with Crippen molar-refractivity contribution in [2.75, 3.05) is 5.33 Å². The number of rotatable bonds is 4. The third kappa shape index (κ3) is 4.67. The summed E-state index contributed by atoms with van der Waals surface area (Å²) in [6.07, 6.45) is 0.172. The van der Waals surface area contributed by atoms with Crippen molar-refractivity contribution in [3.8, 4) is 0 Å². The molecule has 0 spiro atoms. The Morgan fingerprint density at radius 3 is 2.47 bits per heavy atom. The minimum atomic E-state index is -4.54. The molecule has 17 heavy (non-hydrogen) atoms. The molecule has 1 rings (SSSR count). The number of alkyl halides is 4. The van der Waals surface area contributed by atoms with Crippen molar-refractivity contribution in [3.63, 3.8) is 0 Å². The van der Waals surface area contributed by atoms with Crippen molar-refractivity contribution in [2.24, 2.45) is 0 Å². The van der Waals surface area contributed by atoms with Gasteiger partial charge in [-0.15, -0.1) is 0 Å². The summed E-state index contributed by atoms with van der Waals surface area (Å²) in [5.41, 5.74) is -4.46. The van der Waals surface area contributed by atoms with Crippen molar-refractivity contribution < 1.29 is 22.4 Å². The predicted molar refractivity (Wildman–Crippen MR) is 61.1 cm³/mol. The highest BCUT2D eigenvalue weighted by Crippen LogP contribution is 2.38. The number of Topliss-reactive ketones (excluding diaryl/α,β-unsaturated/α-hetero) is 1. The summed E-state index contributed by atoms with van der Waals surface area (Å²) >= 11 is 2.52. The Morgan fingerprint density at radius 2 is 2.00 bits per heavy atom. The molecular weight excluding hydrogens is 324 g/mol. The van der Waals surface area contributed by atoms with Crippen LogP contribution in [-0.4, -0.2) is 16.6 Å². The molecular formula is C10H7BrF4OS. The lowest BCUT2D eigenvalue weighted by Crippen LogP contribution is -2.03. The van der Waals surface area contributed by atoms with Crippen LogP contribution in [0.3, 0.4) is 0 Å². The van der Waals surface area contributed by atoms with Crippen LogP contribution in [0.1, 0.15) is 16.8 Å². The van der Waals surface area contributed by atoms with Crippen LogP contribution in [-0.2, 0) is 0 Å². The van der Waals surface area contributed by atoms with Gasteiger partial charge in [-0.2, -0.15) is 13.2 Å². The van der Waals surface area contributed by atoms with Gasteiger partial charge in [0.15, 0.2) is 5.78 Å². The molecule has 94 valence electrons. The van der Waals surface area contributed by atoms with Gasteiger partial charge in [0, 0.05) is 17.3 Å². The largest absolute Gasteiger partial charge is 0.446 e. The maximum atomic E-state index is 13.3. The Balaban J connectivity index is 2.90. The maximum Gasteiger partial charge on any atom is 0.446 e. The lowest BCUT2D eigenvalue weighted by molar-refractivity contribution is -0.0329. The predicted octanol–water partition coefficient (Wildman–Crippen LogP) is 4.41. The molecule has 0 aliphatic carbocycles. The second kappa shape index (κ2) is 5.86. The zero-order chi connectivity index (χ0) is 13.1. The highest BCUT2D eigenvalue weighted by Gasteiger charge is 2.30. The Hall–Kier alpha value is -0.560. The number of hydrogen-bond donors (Lipinski definition) is 0. The molecule has 0 saturated heterocycles. The van der Waals surface area contributed by atoms with E-state index in [0.717, 1.165) is 12.1 Å². The fourth-order valence-corrected chi connectivity index (χ4v) is 2.01. The number of thioether (sulfide) groups is 1. The normalized spacial score (nSPS) is 11.6. The van der Waals surface area contributed by atoms with Gasteiger partial charge in [-0.25, -0.2) is 4.39 Å². The molecule has 0 aromatic heterocycles. The quantitative estimate of drug-likeness (QED) is 0.352. The molecule has 0 unspecified atom stereocenters. The fraction of sp³-hybridized carbons (Fsp3) is 0.300. The number of carbonyl (C=O) groups excluding carboxylic acids is 1. The summed E-state index contributed by atoms with van der Waals surface area (Å²) in [7, 11) is 0. The van der Waals surface area contributed by atoms with Crippen molar-refractivity contribution in [1.29, 1.82) is 0 Å². The fourth-order valence-electron chi connectivity index (χ4n) is 1.11. The number of carbonyl (C=O) groups is 1. The molecule has 0 fully saturated rings. The van der Waals surface area contributed by atoms with E-state index in [1.165, 1.54) is 6.07 Å². The highest BCUT2D eigenvalue weighted by molar-refractivity contribution is 9.09. The monoisotopic (exact) mass is 330 g/mol. The van der Waals surface area contributed by atoms with Crippen molar-refractivity contribution in [1.82, 2.24) is 0 Å². The van der Waals surface area contributed by atoms with E-state index in [1.54, 1.807) is 0 Å². The van der Waals surface area contributed by atoms with E-state index in [9.17, 15) is 22.4 Å². The van der Waals surface area contributed by atoms with Gasteiger partial charge in [0.25, 0.3) is 0 Å². The SMILES string of the molecule is O=C(CCBr)c1ccc(SC(F)(F)F)c(F)c1. The molecule has 0 heterocycles. The summed E-state index contributed by atoms with van der Waals surface area (Å²) in [6.45, 7) is 0. The first-order chi connectivity index (χ1) is 7.83. The van der Waals surface area contributed by atoms with Crippen LogP contribution >= 0.6 is 27.7 Å².